The zero-order chi connectivity index (χ0) is 21.6. The van der Waals surface area contributed by atoms with Gasteiger partial charge in [-0.15, -0.1) is 0 Å². The molecule has 0 aliphatic heterocycles. The van der Waals surface area contributed by atoms with Gasteiger partial charge in [0.25, 0.3) is 0 Å². The largest absolute Gasteiger partial charge is 0.416 e. The molecular formula is C21H24F3N3O2. The number of hydrogen-bond acceptors (Lipinski definition) is 3. The normalized spacial score (nSPS) is 12.3. The second-order valence-electron chi connectivity index (χ2n) is 6.89. The Kier molecular flexibility index (Phi) is 7.39. The number of nitrogens with zero attached hydrogens (tertiary/aromatic N) is 1. The van der Waals surface area contributed by atoms with E-state index in [-0.39, 0.29) is 24.9 Å². The van der Waals surface area contributed by atoms with Gasteiger partial charge in [0.1, 0.15) is 0 Å². The van der Waals surface area contributed by atoms with E-state index in [1.165, 1.54) is 18.0 Å². The van der Waals surface area contributed by atoms with Crippen LogP contribution in [0.1, 0.15) is 29.7 Å². The lowest BCUT2D eigenvalue weighted by atomic mass is 10.0. The molecule has 0 saturated carbocycles. The quantitative estimate of drug-likeness (QED) is 0.735. The third-order valence-corrected chi connectivity index (χ3v) is 4.42. The summed E-state index contributed by atoms with van der Waals surface area (Å²) < 4.78 is 38.5. The van der Waals surface area contributed by atoms with E-state index in [9.17, 15) is 22.8 Å². The summed E-state index contributed by atoms with van der Waals surface area (Å²) in [6, 6.07) is 11.8. The lowest BCUT2D eigenvalue weighted by Gasteiger charge is -2.20. The Morgan fingerprint density at radius 3 is 2.38 bits per heavy atom. The van der Waals surface area contributed by atoms with Gasteiger partial charge in [0.2, 0.25) is 11.8 Å². The smallest absolute Gasteiger partial charge is 0.335 e. The molecule has 0 aromatic heterocycles. The maximum absolute atomic E-state index is 12.8. The van der Waals surface area contributed by atoms with E-state index < -0.39 is 17.8 Å². The Morgan fingerprint density at radius 2 is 1.76 bits per heavy atom. The molecule has 5 nitrogen and oxygen atoms in total. The molecule has 0 saturated heterocycles. The first kappa shape index (κ1) is 22.4. The predicted octanol–water partition coefficient (Wildman–Crippen LogP) is 3.76. The molecule has 0 fully saturated rings. The van der Waals surface area contributed by atoms with Crippen LogP contribution >= 0.6 is 0 Å². The first-order valence-electron chi connectivity index (χ1n) is 9.07. The third kappa shape index (κ3) is 6.90. The van der Waals surface area contributed by atoms with E-state index in [2.05, 4.69) is 10.6 Å². The number of carbonyl (C=O) groups excluding carboxylic acids is 2. The molecule has 2 N–H and O–H groups in total. The molecule has 2 aromatic carbocycles. The van der Waals surface area contributed by atoms with Crippen LogP contribution in [0, 0.1) is 6.92 Å². The lowest BCUT2D eigenvalue weighted by molar-refractivity contribution is -0.137. The van der Waals surface area contributed by atoms with Crippen molar-refractivity contribution in [3.05, 3.63) is 65.2 Å². The maximum atomic E-state index is 12.8. The number of amides is 2. The average molecular weight is 407 g/mol. The zero-order valence-electron chi connectivity index (χ0n) is 16.5. The minimum absolute atomic E-state index is 0.105. The number of anilines is 1. The minimum atomic E-state index is -4.42. The summed E-state index contributed by atoms with van der Waals surface area (Å²) in [6.45, 7) is 3.37. The molecule has 0 aliphatic rings. The molecule has 8 heteroatoms. The number of halogens is 3. The highest BCUT2D eigenvalue weighted by atomic mass is 19.4. The van der Waals surface area contributed by atoms with Gasteiger partial charge in [0.05, 0.1) is 18.7 Å². The van der Waals surface area contributed by atoms with Crippen LogP contribution in [0.2, 0.25) is 0 Å². The molecule has 1 atom stereocenters. The van der Waals surface area contributed by atoms with Gasteiger partial charge < -0.3 is 15.5 Å². The van der Waals surface area contributed by atoms with Crippen LogP contribution in [0.3, 0.4) is 0 Å². The SMILES string of the molecule is Cc1ccc(NC(=O)CN(C)C(=O)CNC(C)c2cccc(C(F)(F)F)c2)cc1. The van der Waals surface area contributed by atoms with Crippen molar-refractivity contribution in [2.45, 2.75) is 26.1 Å². The van der Waals surface area contributed by atoms with Crippen molar-refractivity contribution in [1.29, 1.82) is 0 Å². The lowest BCUT2D eigenvalue weighted by Crippen LogP contribution is -2.40. The van der Waals surface area contributed by atoms with Gasteiger partial charge >= 0.3 is 6.18 Å². The van der Waals surface area contributed by atoms with E-state index in [4.69, 9.17) is 0 Å². The standard InChI is InChI=1S/C21H24F3N3O2/c1-14-7-9-18(10-8-14)26-19(28)13-27(3)20(29)12-25-15(2)16-5-4-6-17(11-16)21(22,23)24/h4-11,15,25H,12-13H2,1-3H3,(H,26,28). The molecule has 1 unspecified atom stereocenters. The molecule has 0 aliphatic carbocycles. The number of aryl methyl sites for hydroxylation is 1. The van der Waals surface area contributed by atoms with E-state index in [0.717, 1.165) is 17.7 Å². The molecule has 2 amide bonds. The van der Waals surface area contributed by atoms with Crippen molar-refractivity contribution in [2.24, 2.45) is 0 Å². The molecule has 0 spiro atoms. The second kappa shape index (κ2) is 9.56. The molecule has 29 heavy (non-hydrogen) atoms. The third-order valence-electron chi connectivity index (χ3n) is 4.42. The van der Waals surface area contributed by atoms with E-state index in [1.807, 2.05) is 19.1 Å². The number of likely N-dealkylation sites (N-methyl/N-ethyl adjacent to an activating group) is 1. The number of carbonyl (C=O) groups is 2. The summed E-state index contributed by atoms with van der Waals surface area (Å²) in [6.07, 6.45) is -4.42. The van der Waals surface area contributed by atoms with Gasteiger partial charge in [-0.05, 0) is 43.7 Å². The first-order valence-corrected chi connectivity index (χ1v) is 9.07. The Bertz CT molecular complexity index is 851. The van der Waals surface area contributed by atoms with Crippen molar-refractivity contribution in [3.8, 4) is 0 Å². The zero-order valence-corrected chi connectivity index (χ0v) is 16.5. The Labute approximate surface area is 167 Å². The van der Waals surface area contributed by atoms with Crippen LogP contribution in [0.15, 0.2) is 48.5 Å². The fourth-order valence-corrected chi connectivity index (χ4v) is 2.62. The van der Waals surface area contributed by atoms with Crippen LogP contribution in [-0.2, 0) is 15.8 Å². The van der Waals surface area contributed by atoms with Gasteiger partial charge in [-0.1, -0.05) is 29.8 Å². The summed E-state index contributed by atoms with van der Waals surface area (Å²) in [4.78, 5) is 25.6. The Hall–Kier alpha value is -2.87. The van der Waals surface area contributed by atoms with E-state index in [1.54, 1.807) is 25.1 Å². The van der Waals surface area contributed by atoms with Crippen LogP contribution in [0.5, 0.6) is 0 Å². The van der Waals surface area contributed by atoms with Crippen LogP contribution in [-0.4, -0.2) is 36.9 Å². The van der Waals surface area contributed by atoms with Crippen molar-refractivity contribution in [3.63, 3.8) is 0 Å². The molecule has 2 aromatic rings. The summed E-state index contributed by atoms with van der Waals surface area (Å²) in [5.74, 6) is -0.682. The van der Waals surface area contributed by atoms with E-state index >= 15 is 0 Å². The molecule has 0 heterocycles. The Balaban J connectivity index is 1.84. The van der Waals surface area contributed by atoms with E-state index in [0.29, 0.717) is 11.3 Å². The highest BCUT2D eigenvalue weighted by molar-refractivity contribution is 5.94. The summed E-state index contributed by atoms with van der Waals surface area (Å²) >= 11 is 0. The van der Waals surface area contributed by atoms with Crippen LogP contribution < -0.4 is 10.6 Å². The Morgan fingerprint density at radius 1 is 1.10 bits per heavy atom. The number of benzene rings is 2. The molecule has 0 bridgehead atoms. The summed E-state index contributed by atoms with van der Waals surface area (Å²) in [5.41, 5.74) is 1.39. The maximum Gasteiger partial charge on any atom is 0.416 e. The topological polar surface area (TPSA) is 61.4 Å². The summed E-state index contributed by atoms with van der Waals surface area (Å²) in [5, 5.41) is 5.60. The van der Waals surface area contributed by atoms with Crippen LogP contribution in [0.25, 0.3) is 0 Å². The summed E-state index contributed by atoms with van der Waals surface area (Å²) in [7, 11) is 1.49. The van der Waals surface area contributed by atoms with Gasteiger partial charge in [0.15, 0.2) is 0 Å². The molecular weight excluding hydrogens is 383 g/mol. The van der Waals surface area contributed by atoms with Crippen LogP contribution in [0.4, 0.5) is 18.9 Å². The van der Waals surface area contributed by atoms with Gasteiger partial charge in [-0.3, -0.25) is 9.59 Å². The second-order valence-corrected chi connectivity index (χ2v) is 6.89. The fraction of sp³-hybridized carbons (Fsp3) is 0.333. The number of alkyl halides is 3. The first-order chi connectivity index (χ1) is 13.6. The highest BCUT2D eigenvalue weighted by Gasteiger charge is 2.30. The molecule has 156 valence electrons. The van der Waals surface area contributed by atoms with Crippen molar-refractivity contribution in [2.75, 3.05) is 25.5 Å². The predicted molar refractivity (Wildman–Crippen MR) is 105 cm³/mol. The number of nitrogens with one attached hydrogen (secondary N) is 2. The molecule has 2 rings (SSSR count). The van der Waals surface area contributed by atoms with Gasteiger partial charge in [0, 0.05) is 18.8 Å². The monoisotopic (exact) mass is 407 g/mol. The molecule has 0 radical (unpaired) electrons. The highest BCUT2D eigenvalue weighted by Crippen LogP contribution is 2.30. The minimum Gasteiger partial charge on any atom is -0.335 e. The van der Waals surface area contributed by atoms with Crippen molar-refractivity contribution < 1.29 is 22.8 Å². The average Bonchev–Trinajstić information content (AvgIpc) is 2.67. The number of hydrogen-bond donors (Lipinski definition) is 2. The van der Waals surface area contributed by atoms with Crippen molar-refractivity contribution in [1.82, 2.24) is 10.2 Å². The fourth-order valence-electron chi connectivity index (χ4n) is 2.62. The van der Waals surface area contributed by atoms with Gasteiger partial charge in [-0.2, -0.15) is 13.2 Å². The number of rotatable bonds is 7. The van der Waals surface area contributed by atoms with Crippen molar-refractivity contribution >= 4 is 17.5 Å². The van der Waals surface area contributed by atoms with Gasteiger partial charge in [-0.25, -0.2) is 0 Å².